The Hall–Kier alpha value is -2.13. The van der Waals surface area contributed by atoms with E-state index in [2.05, 4.69) is 17.1 Å². The van der Waals surface area contributed by atoms with Crippen LogP contribution < -0.4 is 0 Å². The summed E-state index contributed by atoms with van der Waals surface area (Å²) in [4.78, 5) is 17.2. The van der Waals surface area contributed by atoms with Crippen LogP contribution in [0.25, 0.3) is 5.65 Å². The van der Waals surface area contributed by atoms with Crippen LogP contribution in [0.2, 0.25) is 5.02 Å². The van der Waals surface area contributed by atoms with Crippen molar-refractivity contribution in [1.29, 1.82) is 0 Å². The molecule has 1 atom stereocenters. The lowest BCUT2D eigenvalue weighted by atomic mass is 9.84. The van der Waals surface area contributed by atoms with Gasteiger partial charge in [-0.05, 0) is 30.0 Å². The molecule has 104 valence electrons. The molecule has 0 amide bonds. The molecule has 0 aliphatic heterocycles. The number of aromatic nitrogens is 2. The van der Waals surface area contributed by atoms with E-state index in [4.69, 9.17) is 11.6 Å². The summed E-state index contributed by atoms with van der Waals surface area (Å²) in [5.41, 5.74) is 3.56. The van der Waals surface area contributed by atoms with Crippen molar-refractivity contribution < 1.29 is 4.79 Å². The second kappa shape index (κ2) is 4.71. The lowest BCUT2D eigenvalue weighted by Gasteiger charge is -2.21. The Morgan fingerprint density at radius 1 is 1.10 bits per heavy atom. The molecule has 0 bridgehead atoms. The van der Waals surface area contributed by atoms with Crippen LogP contribution >= 0.6 is 11.6 Å². The summed E-state index contributed by atoms with van der Waals surface area (Å²) in [6.45, 7) is 0. The molecule has 0 radical (unpaired) electrons. The number of halogens is 1. The Labute approximate surface area is 127 Å². The Balaban J connectivity index is 1.82. The van der Waals surface area contributed by atoms with Crippen molar-refractivity contribution in [2.75, 3.05) is 0 Å². The van der Waals surface area contributed by atoms with Gasteiger partial charge in [-0.3, -0.25) is 9.20 Å². The number of ketones is 1. The first-order valence-electron chi connectivity index (χ1n) is 6.97. The third kappa shape index (κ3) is 2.05. The zero-order valence-electron chi connectivity index (χ0n) is 11.3. The summed E-state index contributed by atoms with van der Waals surface area (Å²) >= 11 is 6.03. The minimum absolute atomic E-state index is 0.139. The van der Waals surface area contributed by atoms with Crippen LogP contribution in [0.4, 0.5) is 0 Å². The van der Waals surface area contributed by atoms with Gasteiger partial charge in [0.2, 0.25) is 0 Å². The molecule has 3 aromatic rings. The molecule has 0 saturated carbocycles. The number of hydrogen-bond acceptors (Lipinski definition) is 2. The highest BCUT2D eigenvalue weighted by Gasteiger charge is 2.30. The normalized spacial score (nSPS) is 18.0. The second-order valence-corrected chi connectivity index (χ2v) is 5.86. The fourth-order valence-corrected chi connectivity index (χ4v) is 3.25. The number of rotatable bonds is 1. The molecule has 1 aromatic carbocycles. The van der Waals surface area contributed by atoms with Crippen molar-refractivity contribution in [3.63, 3.8) is 0 Å². The van der Waals surface area contributed by atoms with Crippen molar-refractivity contribution in [2.45, 2.75) is 18.8 Å². The average Bonchev–Trinajstić information content (AvgIpc) is 2.86. The molecule has 1 aliphatic rings. The molecule has 2 heterocycles. The Kier molecular flexibility index (Phi) is 2.82. The quantitative estimate of drug-likeness (QED) is 0.682. The highest BCUT2D eigenvalue weighted by atomic mass is 35.5. The SMILES string of the molecule is O=C1CC(c2ccccc2)Cc2nc3ccc(Cl)cn3c21. The van der Waals surface area contributed by atoms with Gasteiger partial charge in [0, 0.05) is 12.6 Å². The minimum Gasteiger partial charge on any atom is -0.295 e. The summed E-state index contributed by atoms with van der Waals surface area (Å²) in [7, 11) is 0. The van der Waals surface area contributed by atoms with Crippen molar-refractivity contribution in [1.82, 2.24) is 9.38 Å². The van der Waals surface area contributed by atoms with Crippen molar-refractivity contribution >= 4 is 23.0 Å². The van der Waals surface area contributed by atoms with Gasteiger partial charge in [-0.2, -0.15) is 0 Å². The van der Waals surface area contributed by atoms with Gasteiger partial charge >= 0.3 is 0 Å². The Morgan fingerprint density at radius 3 is 2.71 bits per heavy atom. The Morgan fingerprint density at radius 2 is 1.90 bits per heavy atom. The molecule has 1 unspecified atom stereocenters. The fourth-order valence-electron chi connectivity index (χ4n) is 3.09. The topological polar surface area (TPSA) is 34.4 Å². The van der Waals surface area contributed by atoms with Crippen LogP contribution in [-0.4, -0.2) is 15.2 Å². The highest BCUT2D eigenvalue weighted by molar-refractivity contribution is 6.30. The molecule has 0 N–H and O–H groups in total. The van der Waals surface area contributed by atoms with Gasteiger partial charge in [0.15, 0.2) is 5.78 Å². The molecule has 0 fully saturated rings. The number of Topliss-reactive ketones (excluding diaryl/α,β-unsaturated/α-hetero) is 1. The van der Waals surface area contributed by atoms with E-state index in [0.717, 1.165) is 17.8 Å². The molecule has 4 rings (SSSR count). The van der Waals surface area contributed by atoms with Gasteiger partial charge in [-0.1, -0.05) is 41.9 Å². The maximum atomic E-state index is 12.6. The molecule has 3 nitrogen and oxygen atoms in total. The summed E-state index contributed by atoms with van der Waals surface area (Å²) in [5, 5.41) is 0.612. The maximum Gasteiger partial charge on any atom is 0.182 e. The molecule has 21 heavy (non-hydrogen) atoms. The van der Waals surface area contributed by atoms with Crippen LogP contribution in [-0.2, 0) is 6.42 Å². The molecule has 0 spiro atoms. The van der Waals surface area contributed by atoms with E-state index in [9.17, 15) is 4.79 Å². The van der Waals surface area contributed by atoms with Crippen LogP contribution in [0.3, 0.4) is 0 Å². The Bertz CT molecular complexity index is 839. The number of imidazole rings is 1. The maximum absolute atomic E-state index is 12.6. The van der Waals surface area contributed by atoms with Gasteiger partial charge in [-0.15, -0.1) is 0 Å². The van der Waals surface area contributed by atoms with Crippen molar-refractivity contribution in [2.24, 2.45) is 0 Å². The molecule has 0 saturated heterocycles. The van der Waals surface area contributed by atoms with E-state index in [0.29, 0.717) is 17.1 Å². The number of benzene rings is 1. The van der Waals surface area contributed by atoms with Crippen LogP contribution in [0.1, 0.15) is 34.1 Å². The standard InChI is InChI=1S/C17H13ClN2O/c18-13-6-7-16-19-14-8-12(11-4-2-1-3-5-11)9-15(21)17(14)20(16)10-13/h1-7,10,12H,8-9H2. The van der Waals surface area contributed by atoms with Gasteiger partial charge in [0.05, 0.1) is 10.7 Å². The third-order valence-electron chi connectivity index (χ3n) is 4.06. The predicted molar refractivity (Wildman–Crippen MR) is 82.0 cm³/mol. The molecule has 1 aliphatic carbocycles. The predicted octanol–water partition coefficient (Wildman–Crippen LogP) is 3.90. The van der Waals surface area contributed by atoms with Gasteiger partial charge in [0.25, 0.3) is 0 Å². The largest absolute Gasteiger partial charge is 0.295 e. The minimum atomic E-state index is 0.139. The monoisotopic (exact) mass is 296 g/mol. The van der Waals surface area contributed by atoms with E-state index in [-0.39, 0.29) is 11.7 Å². The molecular formula is C17H13ClN2O. The second-order valence-electron chi connectivity index (χ2n) is 5.42. The zero-order valence-corrected chi connectivity index (χ0v) is 12.0. The zero-order chi connectivity index (χ0) is 14.4. The molecule has 2 aromatic heterocycles. The average molecular weight is 297 g/mol. The third-order valence-corrected chi connectivity index (χ3v) is 4.28. The van der Waals surface area contributed by atoms with Crippen molar-refractivity contribution in [3.8, 4) is 0 Å². The lowest BCUT2D eigenvalue weighted by Crippen LogP contribution is -2.19. The number of carbonyl (C=O) groups excluding carboxylic acids is 1. The van der Waals surface area contributed by atoms with Crippen molar-refractivity contribution in [3.05, 3.63) is 70.6 Å². The summed E-state index contributed by atoms with van der Waals surface area (Å²) in [6.07, 6.45) is 3.09. The van der Waals surface area contributed by atoms with E-state index in [1.807, 2.05) is 28.7 Å². The molecular weight excluding hydrogens is 284 g/mol. The van der Waals surface area contributed by atoms with Crippen LogP contribution in [0, 0.1) is 0 Å². The van der Waals surface area contributed by atoms with Gasteiger partial charge in [-0.25, -0.2) is 4.98 Å². The number of nitrogens with zero attached hydrogens (tertiary/aromatic N) is 2. The van der Waals surface area contributed by atoms with E-state index < -0.39 is 0 Å². The summed E-state index contributed by atoms with van der Waals surface area (Å²) in [6, 6.07) is 13.8. The summed E-state index contributed by atoms with van der Waals surface area (Å²) in [5.74, 6) is 0.353. The fraction of sp³-hybridized carbons (Fsp3) is 0.176. The van der Waals surface area contributed by atoms with E-state index >= 15 is 0 Å². The van der Waals surface area contributed by atoms with Gasteiger partial charge < -0.3 is 0 Å². The highest BCUT2D eigenvalue weighted by Crippen LogP contribution is 2.33. The first-order valence-corrected chi connectivity index (χ1v) is 7.35. The molecule has 4 heteroatoms. The van der Waals surface area contributed by atoms with Crippen LogP contribution in [0.5, 0.6) is 0 Å². The van der Waals surface area contributed by atoms with Gasteiger partial charge in [0.1, 0.15) is 11.3 Å². The first-order chi connectivity index (χ1) is 10.2. The van der Waals surface area contributed by atoms with E-state index in [1.165, 1.54) is 5.56 Å². The smallest absolute Gasteiger partial charge is 0.182 e. The number of carbonyl (C=O) groups is 1. The van der Waals surface area contributed by atoms with Crippen LogP contribution in [0.15, 0.2) is 48.7 Å². The van der Waals surface area contributed by atoms with E-state index in [1.54, 1.807) is 12.3 Å². The number of fused-ring (bicyclic) bond motifs is 3. The summed E-state index contributed by atoms with van der Waals surface area (Å²) < 4.78 is 1.82. The lowest BCUT2D eigenvalue weighted by molar-refractivity contribution is 0.0958. The number of pyridine rings is 1. The first kappa shape index (κ1) is 12.6. The number of hydrogen-bond donors (Lipinski definition) is 0.